The molecule has 0 bridgehead atoms. The van der Waals surface area contributed by atoms with Crippen LogP contribution in [0.3, 0.4) is 0 Å². The van der Waals surface area contributed by atoms with Gasteiger partial charge in [-0.05, 0) is 24.5 Å². The molecule has 1 aromatic rings. The summed E-state index contributed by atoms with van der Waals surface area (Å²) in [5, 5.41) is 3.49. The minimum absolute atomic E-state index is 0.755. The Morgan fingerprint density at radius 1 is 1.67 bits per heavy atom. The quantitative estimate of drug-likeness (QED) is 0.793. The zero-order valence-corrected chi connectivity index (χ0v) is 8.58. The molecule has 0 spiro atoms. The summed E-state index contributed by atoms with van der Waals surface area (Å²) in [6.07, 6.45) is 1.33. The molecule has 2 rings (SSSR count). The highest BCUT2D eigenvalue weighted by Gasteiger charge is 2.31. The molecule has 12 heavy (non-hydrogen) atoms. The van der Waals surface area contributed by atoms with Gasteiger partial charge in [-0.2, -0.15) is 0 Å². The third kappa shape index (κ3) is 2.00. The highest BCUT2D eigenvalue weighted by Crippen LogP contribution is 2.30. The van der Waals surface area contributed by atoms with Crippen molar-refractivity contribution >= 4 is 22.9 Å². The molecule has 1 aromatic heterocycles. The summed E-state index contributed by atoms with van der Waals surface area (Å²) < 4.78 is 0.885. The molecule has 0 aliphatic heterocycles. The van der Waals surface area contributed by atoms with Crippen LogP contribution in [0.5, 0.6) is 0 Å². The first-order valence-electron chi connectivity index (χ1n) is 4.23. The highest BCUT2D eigenvalue weighted by atomic mass is 35.5. The first-order chi connectivity index (χ1) is 5.75. The molecular formula is C9H12ClNS. The maximum atomic E-state index is 5.81. The van der Waals surface area contributed by atoms with Crippen molar-refractivity contribution in [3.63, 3.8) is 0 Å². The molecule has 0 unspecified atom stereocenters. The van der Waals surface area contributed by atoms with Crippen molar-refractivity contribution in [2.24, 2.45) is 5.92 Å². The van der Waals surface area contributed by atoms with Crippen molar-refractivity contribution in [3.05, 3.63) is 21.3 Å². The first-order valence-corrected chi connectivity index (χ1v) is 5.43. The van der Waals surface area contributed by atoms with E-state index in [1.807, 2.05) is 6.07 Å². The van der Waals surface area contributed by atoms with Crippen LogP contribution in [0.4, 0.5) is 0 Å². The molecule has 1 fully saturated rings. The zero-order valence-electron chi connectivity index (χ0n) is 7.01. The van der Waals surface area contributed by atoms with E-state index in [1.54, 1.807) is 11.3 Å². The van der Waals surface area contributed by atoms with E-state index in [9.17, 15) is 0 Å². The summed E-state index contributed by atoms with van der Waals surface area (Å²) in [4.78, 5) is 1.33. The van der Waals surface area contributed by atoms with E-state index in [2.05, 4.69) is 18.3 Å². The minimum atomic E-state index is 0.755. The van der Waals surface area contributed by atoms with Crippen LogP contribution in [-0.4, -0.2) is 6.04 Å². The second-order valence-electron chi connectivity index (χ2n) is 3.41. The van der Waals surface area contributed by atoms with Crippen LogP contribution in [0.1, 0.15) is 18.2 Å². The van der Waals surface area contributed by atoms with Crippen LogP contribution < -0.4 is 5.32 Å². The van der Waals surface area contributed by atoms with Crippen molar-refractivity contribution in [2.45, 2.75) is 25.9 Å². The van der Waals surface area contributed by atoms with Crippen molar-refractivity contribution in [1.29, 1.82) is 0 Å². The maximum Gasteiger partial charge on any atom is 0.0931 e. The van der Waals surface area contributed by atoms with Gasteiger partial charge >= 0.3 is 0 Å². The fraction of sp³-hybridized carbons (Fsp3) is 0.556. The highest BCUT2D eigenvalue weighted by molar-refractivity contribution is 7.16. The molecule has 0 amide bonds. The van der Waals surface area contributed by atoms with Gasteiger partial charge in [-0.1, -0.05) is 18.5 Å². The summed E-state index contributed by atoms with van der Waals surface area (Å²) in [5.74, 6) is 0.875. The van der Waals surface area contributed by atoms with Gasteiger partial charge < -0.3 is 5.32 Å². The maximum absolute atomic E-state index is 5.81. The Labute approximate surface area is 81.7 Å². The Morgan fingerprint density at radius 3 is 2.92 bits per heavy atom. The van der Waals surface area contributed by atoms with E-state index in [-0.39, 0.29) is 0 Å². The van der Waals surface area contributed by atoms with Crippen LogP contribution in [-0.2, 0) is 6.54 Å². The van der Waals surface area contributed by atoms with Gasteiger partial charge in [-0.3, -0.25) is 0 Å². The largest absolute Gasteiger partial charge is 0.309 e. The van der Waals surface area contributed by atoms with Crippen LogP contribution in [0.25, 0.3) is 0 Å². The molecule has 1 saturated carbocycles. The van der Waals surface area contributed by atoms with Crippen LogP contribution >= 0.6 is 22.9 Å². The molecule has 0 radical (unpaired) electrons. The van der Waals surface area contributed by atoms with Gasteiger partial charge in [-0.25, -0.2) is 0 Å². The molecule has 2 atom stereocenters. The molecule has 1 N–H and O–H groups in total. The van der Waals surface area contributed by atoms with E-state index in [0.717, 1.165) is 22.8 Å². The topological polar surface area (TPSA) is 12.0 Å². The second-order valence-corrected chi connectivity index (χ2v) is 5.21. The second kappa shape index (κ2) is 3.36. The van der Waals surface area contributed by atoms with Crippen molar-refractivity contribution in [3.8, 4) is 0 Å². The third-order valence-electron chi connectivity index (χ3n) is 2.28. The average molecular weight is 202 g/mol. The van der Waals surface area contributed by atoms with E-state index in [1.165, 1.54) is 11.3 Å². The Balaban J connectivity index is 1.80. The van der Waals surface area contributed by atoms with Crippen LogP contribution in [0.15, 0.2) is 12.1 Å². The lowest BCUT2D eigenvalue weighted by molar-refractivity contribution is 0.658. The van der Waals surface area contributed by atoms with Gasteiger partial charge in [0, 0.05) is 17.5 Å². The van der Waals surface area contributed by atoms with Crippen LogP contribution in [0, 0.1) is 5.92 Å². The fourth-order valence-corrected chi connectivity index (χ4v) is 2.32. The van der Waals surface area contributed by atoms with Crippen molar-refractivity contribution in [2.75, 3.05) is 0 Å². The van der Waals surface area contributed by atoms with Gasteiger partial charge in [-0.15, -0.1) is 11.3 Å². The van der Waals surface area contributed by atoms with Gasteiger partial charge in [0.25, 0.3) is 0 Å². The standard InChI is InChI=1S/C9H12ClNS/c1-6-4-8(6)11-5-7-2-3-9(10)12-7/h2-3,6,8,11H,4-5H2,1H3/t6-,8-/m1/s1. The van der Waals surface area contributed by atoms with E-state index in [4.69, 9.17) is 11.6 Å². The number of halogens is 1. The molecule has 1 nitrogen and oxygen atoms in total. The van der Waals surface area contributed by atoms with Gasteiger partial charge in [0.2, 0.25) is 0 Å². The van der Waals surface area contributed by atoms with Crippen molar-refractivity contribution < 1.29 is 0 Å². The molecular weight excluding hydrogens is 190 g/mol. The Hall–Kier alpha value is -0.0500. The number of rotatable bonds is 3. The van der Waals surface area contributed by atoms with Crippen molar-refractivity contribution in [1.82, 2.24) is 5.32 Å². The SMILES string of the molecule is C[C@@H]1C[C@H]1NCc1ccc(Cl)s1. The lowest BCUT2D eigenvalue weighted by Crippen LogP contribution is -2.16. The molecule has 0 saturated heterocycles. The summed E-state index contributed by atoms with van der Waals surface area (Å²) in [5.41, 5.74) is 0. The lowest BCUT2D eigenvalue weighted by Gasteiger charge is -1.98. The minimum Gasteiger partial charge on any atom is -0.309 e. The fourth-order valence-electron chi connectivity index (χ4n) is 1.28. The molecule has 0 aromatic carbocycles. The first kappa shape index (κ1) is 8.54. The predicted octanol–water partition coefficient (Wildman–Crippen LogP) is 2.90. The Bertz CT molecular complexity index is 271. The smallest absolute Gasteiger partial charge is 0.0931 e. The average Bonchev–Trinajstić information content (AvgIpc) is 2.56. The van der Waals surface area contributed by atoms with Gasteiger partial charge in [0.15, 0.2) is 0 Å². The normalized spacial score (nSPS) is 27.5. The number of hydrogen-bond donors (Lipinski definition) is 1. The number of thiophene rings is 1. The monoisotopic (exact) mass is 201 g/mol. The summed E-state index contributed by atoms with van der Waals surface area (Å²) >= 11 is 7.47. The molecule has 3 heteroatoms. The third-order valence-corrected chi connectivity index (χ3v) is 3.51. The molecule has 66 valence electrons. The van der Waals surface area contributed by atoms with Gasteiger partial charge in [0.1, 0.15) is 0 Å². The molecule has 1 aliphatic carbocycles. The van der Waals surface area contributed by atoms with E-state index < -0.39 is 0 Å². The summed E-state index contributed by atoms with van der Waals surface area (Å²) in [6.45, 7) is 3.26. The number of hydrogen-bond acceptors (Lipinski definition) is 2. The Kier molecular flexibility index (Phi) is 2.40. The molecule has 1 aliphatic rings. The Morgan fingerprint density at radius 2 is 2.42 bits per heavy atom. The predicted molar refractivity (Wildman–Crippen MR) is 53.7 cm³/mol. The van der Waals surface area contributed by atoms with Gasteiger partial charge in [0.05, 0.1) is 4.34 Å². The summed E-state index contributed by atoms with van der Waals surface area (Å²) in [7, 11) is 0. The lowest BCUT2D eigenvalue weighted by atomic mass is 10.4. The zero-order chi connectivity index (χ0) is 8.55. The van der Waals surface area contributed by atoms with E-state index in [0.29, 0.717) is 0 Å². The van der Waals surface area contributed by atoms with Crippen LogP contribution in [0.2, 0.25) is 4.34 Å². The number of nitrogens with one attached hydrogen (secondary N) is 1. The molecule has 1 heterocycles. The summed E-state index contributed by atoms with van der Waals surface area (Å²) in [6, 6.07) is 4.80. The van der Waals surface area contributed by atoms with E-state index >= 15 is 0 Å².